The van der Waals surface area contributed by atoms with Crippen molar-refractivity contribution in [1.29, 1.82) is 0 Å². The van der Waals surface area contributed by atoms with Gasteiger partial charge in [0.25, 0.3) is 0 Å². The number of ether oxygens (including phenoxy) is 2. The number of rotatable bonds is 9. The molecule has 0 saturated carbocycles. The van der Waals surface area contributed by atoms with Gasteiger partial charge < -0.3 is 23.7 Å². The summed E-state index contributed by atoms with van der Waals surface area (Å²) in [6.07, 6.45) is 1.86. The Bertz CT molecular complexity index is 1700. The molecule has 1 fully saturated rings. The summed E-state index contributed by atoms with van der Waals surface area (Å²) in [4.78, 5) is 43.9. The minimum absolute atomic E-state index is 0.0941. The van der Waals surface area contributed by atoms with Crippen molar-refractivity contribution in [1.82, 2.24) is 24.4 Å². The highest BCUT2D eigenvalue weighted by atomic mass is 35.5. The fourth-order valence-corrected chi connectivity index (χ4v) is 6.49. The van der Waals surface area contributed by atoms with Crippen LogP contribution >= 0.6 is 11.6 Å². The average molecular weight is 705 g/mol. The molecule has 0 aromatic carbocycles. The van der Waals surface area contributed by atoms with Gasteiger partial charge in [0.1, 0.15) is 22.9 Å². The van der Waals surface area contributed by atoms with Crippen LogP contribution in [0.1, 0.15) is 80.3 Å². The van der Waals surface area contributed by atoms with E-state index in [1.807, 2.05) is 46.4 Å². The molecule has 48 heavy (non-hydrogen) atoms. The van der Waals surface area contributed by atoms with Gasteiger partial charge in [-0.3, -0.25) is 4.98 Å². The Balaban J connectivity index is 1.73. The average Bonchev–Trinajstić information content (AvgIpc) is 2.96. The number of amides is 1. The van der Waals surface area contributed by atoms with Crippen LogP contribution in [0.15, 0.2) is 23.1 Å². The van der Waals surface area contributed by atoms with Crippen molar-refractivity contribution in [3.63, 3.8) is 0 Å². The Hall–Kier alpha value is -3.29. The molecule has 0 bridgehead atoms. The summed E-state index contributed by atoms with van der Waals surface area (Å²) in [6, 6.07) is 2.68. The summed E-state index contributed by atoms with van der Waals surface area (Å²) in [5.74, 6) is -0.179. The van der Waals surface area contributed by atoms with E-state index in [0.717, 1.165) is 0 Å². The molecule has 4 heterocycles. The van der Waals surface area contributed by atoms with Crippen LogP contribution in [0, 0.1) is 5.82 Å². The molecule has 3 aromatic rings. The van der Waals surface area contributed by atoms with Crippen LogP contribution in [0.2, 0.25) is 23.3 Å². The van der Waals surface area contributed by atoms with Gasteiger partial charge in [-0.1, -0.05) is 46.2 Å². The molecule has 1 aliphatic rings. The van der Waals surface area contributed by atoms with E-state index in [1.165, 1.54) is 10.6 Å². The van der Waals surface area contributed by atoms with Crippen LogP contribution in [0.5, 0.6) is 5.75 Å². The predicted molar refractivity (Wildman–Crippen MR) is 190 cm³/mol. The van der Waals surface area contributed by atoms with Gasteiger partial charge in [-0.15, -0.1) is 0 Å². The quantitative estimate of drug-likeness (QED) is 0.128. The number of anilines is 1. The maximum atomic E-state index is 15.1. The van der Waals surface area contributed by atoms with E-state index in [-0.39, 0.29) is 33.6 Å². The van der Waals surface area contributed by atoms with Gasteiger partial charge in [-0.2, -0.15) is 4.98 Å². The Kier molecular flexibility index (Phi) is 11.2. The van der Waals surface area contributed by atoms with E-state index in [0.29, 0.717) is 61.8 Å². The number of hydrogen-bond donors (Lipinski definition) is 0. The van der Waals surface area contributed by atoms with Crippen LogP contribution in [0.3, 0.4) is 0 Å². The highest BCUT2D eigenvalue weighted by molar-refractivity contribution is 6.74. The summed E-state index contributed by atoms with van der Waals surface area (Å²) >= 11 is 6.25. The second-order valence-corrected chi connectivity index (χ2v) is 20.3. The number of carbonyl (C=O) groups is 1. The molecule has 4 rings (SSSR count). The molecule has 1 atom stereocenters. The van der Waals surface area contributed by atoms with Crippen molar-refractivity contribution >= 4 is 42.9 Å². The van der Waals surface area contributed by atoms with E-state index >= 15 is 4.39 Å². The molecule has 1 aliphatic heterocycles. The molecule has 1 amide bonds. The first-order valence-corrected chi connectivity index (χ1v) is 19.8. The van der Waals surface area contributed by atoms with E-state index in [2.05, 4.69) is 48.8 Å². The van der Waals surface area contributed by atoms with Crippen molar-refractivity contribution in [3.05, 3.63) is 45.5 Å². The third kappa shape index (κ3) is 8.28. The van der Waals surface area contributed by atoms with Gasteiger partial charge in [0.15, 0.2) is 24.9 Å². The number of carbonyl (C=O) groups excluding carboxylic acids is 1. The fraction of sp³-hybridized carbons (Fsp3) is 0.618. The Morgan fingerprint density at radius 2 is 1.81 bits per heavy atom. The van der Waals surface area contributed by atoms with Crippen LogP contribution in [-0.4, -0.2) is 83.3 Å². The molecule has 3 aromatic heterocycles. The number of piperazine rings is 1. The van der Waals surface area contributed by atoms with Crippen molar-refractivity contribution in [2.45, 2.75) is 104 Å². The van der Waals surface area contributed by atoms with Gasteiger partial charge in [0.2, 0.25) is 0 Å². The SMILES string of the molecule is CC(C)c1nccc(OCCCO[Si](C)(C)C(C)(C)C)c1-n1c(=O)nc(N2CCN(C(=O)OC(C)(C)C)C[C@@H]2C)c2cc(F)c(Cl)nc21. The van der Waals surface area contributed by atoms with Crippen LogP contribution in [-0.2, 0) is 9.16 Å². The lowest BCUT2D eigenvalue weighted by Crippen LogP contribution is -2.55. The second kappa shape index (κ2) is 14.3. The van der Waals surface area contributed by atoms with E-state index in [9.17, 15) is 9.59 Å². The number of hydrogen-bond acceptors (Lipinski definition) is 9. The zero-order valence-corrected chi connectivity index (χ0v) is 31.9. The summed E-state index contributed by atoms with van der Waals surface area (Å²) in [6.45, 7) is 24.2. The Labute approximate surface area is 288 Å². The first-order chi connectivity index (χ1) is 22.2. The Morgan fingerprint density at radius 3 is 2.42 bits per heavy atom. The number of halogens is 2. The first kappa shape index (κ1) is 37.5. The monoisotopic (exact) mass is 704 g/mol. The summed E-state index contributed by atoms with van der Waals surface area (Å²) in [7, 11) is -1.91. The second-order valence-electron chi connectivity index (χ2n) is 15.2. The van der Waals surface area contributed by atoms with Gasteiger partial charge in [0.05, 0.1) is 17.7 Å². The fourth-order valence-electron chi connectivity index (χ4n) is 5.27. The number of aromatic nitrogens is 4. The lowest BCUT2D eigenvalue weighted by molar-refractivity contribution is 0.0218. The molecule has 0 N–H and O–H groups in total. The smallest absolute Gasteiger partial charge is 0.410 e. The maximum absolute atomic E-state index is 15.1. The Morgan fingerprint density at radius 1 is 1.12 bits per heavy atom. The molecular formula is C34H50ClFN6O5Si. The lowest BCUT2D eigenvalue weighted by atomic mass is 10.1. The van der Waals surface area contributed by atoms with Crippen molar-refractivity contribution < 1.29 is 23.1 Å². The molecule has 0 spiro atoms. The molecular weight excluding hydrogens is 655 g/mol. The molecule has 264 valence electrons. The van der Waals surface area contributed by atoms with Gasteiger partial charge in [-0.25, -0.2) is 23.5 Å². The predicted octanol–water partition coefficient (Wildman–Crippen LogP) is 7.33. The largest absolute Gasteiger partial charge is 0.491 e. The lowest BCUT2D eigenvalue weighted by Gasteiger charge is -2.41. The first-order valence-electron chi connectivity index (χ1n) is 16.5. The highest BCUT2D eigenvalue weighted by Gasteiger charge is 2.37. The minimum atomic E-state index is -1.91. The van der Waals surface area contributed by atoms with Gasteiger partial charge in [-0.05, 0) is 57.8 Å². The topological polar surface area (TPSA) is 112 Å². The van der Waals surface area contributed by atoms with Gasteiger partial charge in [0, 0.05) is 51.0 Å². The van der Waals surface area contributed by atoms with Crippen molar-refractivity contribution in [2.24, 2.45) is 0 Å². The third-order valence-corrected chi connectivity index (χ3v) is 13.6. The molecule has 1 saturated heterocycles. The minimum Gasteiger partial charge on any atom is -0.491 e. The van der Waals surface area contributed by atoms with Crippen molar-refractivity contribution in [3.8, 4) is 11.4 Å². The zero-order chi connectivity index (χ0) is 35.8. The number of pyridine rings is 2. The zero-order valence-electron chi connectivity index (χ0n) is 30.1. The summed E-state index contributed by atoms with van der Waals surface area (Å²) in [5.41, 5.74) is -0.186. The molecule has 14 heteroatoms. The molecule has 0 radical (unpaired) electrons. The molecule has 0 aliphatic carbocycles. The van der Waals surface area contributed by atoms with Gasteiger partial charge >= 0.3 is 11.8 Å². The van der Waals surface area contributed by atoms with Crippen molar-refractivity contribution in [2.75, 3.05) is 37.7 Å². The molecule has 0 unspecified atom stereocenters. The normalized spacial score (nSPS) is 16.2. The standard InChI is InChI=1S/C34H50ClFN6O5Si/c1-21(2)26-27(25(13-14-37-26)45-17-12-18-46-48(10,11)34(7,8)9)42-30-23(19-24(36)28(35)38-30)29(39-31(42)43)41-16-15-40(20-22(41)3)32(44)47-33(4,5)6/h13-14,19,21-22H,12,15-18,20H2,1-11H3/t22-/m0/s1. The number of nitrogens with zero attached hydrogens (tertiary/aromatic N) is 6. The molecule has 11 nitrogen and oxygen atoms in total. The van der Waals surface area contributed by atoms with E-state index in [1.54, 1.807) is 17.2 Å². The number of fused-ring (bicyclic) bond motifs is 1. The van der Waals surface area contributed by atoms with E-state index in [4.69, 9.17) is 25.5 Å². The van der Waals surface area contributed by atoms with Crippen LogP contribution in [0.4, 0.5) is 15.0 Å². The maximum Gasteiger partial charge on any atom is 0.410 e. The third-order valence-electron chi connectivity index (χ3n) is 8.81. The van der Waals surface area contributed by atoms with Crippen LogP contribution in [0.25, 0.3) is 16.7 Å². The van der Waals surface area contributed by atoms with E-state index < -0.39 is 31.5 Å². The van der Waals surface area contributed by atoms with Crippen LogP contribution < -0.4 is 15.3 Å². The summed E-state index contributed by atoms with van der Waals surface area (Å²) < 4.78 is 34.6. The highest BCUT2D eigenvalue weighted by Crippen LogP contribution is 2.37. The summed E-state index contributed by atoms with van der Waals surface area (Å²) in [5, 5.41) is 0.00819.